The van der Waals surface area contributed by atoms with Gasteiger partial charge < -0.3 is 10.0 Å². The predicted molar refractivity (Wildman–Crippen MR) is 73.3 cm³/mol. The quantitative estimate of drug-likeness (QED) is 0.623. The molecule has 0 aromatic heterocycles. The largest absolute Gasteiger partial charge is 0.478 e. The SMILES string of the molecule is C=CCN(C)c1cccc(SCC)c1C(=O)O. The zero-order chi connectivity index (χ0) is 12.8. The lowest BCUT2D eigenvalue weighted by atomic mass is 10.1. The Bertz CT molecular complexity index is 418. The Morgan fingerprint density at radius 3 is 2.82 bits per heavy atom. The van der Waals surface area contributed by atoms with E-state index in [1.807, 2.05) is 37.1 Å². The van der Waals surface area contributed by atoms with Gasteiger partial charge in [0.05, 0.1) is 11.3 Å². The number of thioether (sulfide) groups is 1. The number of carbonyl (C=O) groups is 1. The number of rotatable bonds is 6. The third kappa shape index (κ3) is 3.27. The number of benzene rings is 1. The van der Waals surface area contributed by atoms with Crippen LogP contribution in [0.2, 0.25) is 0 Å². The van der Waals surface area contributed by atoms with Crippen molar-refractivity contribution in [2.75, 3.05) is 24.2 Å². The van der Waals surface area contributed by atoms with Crippen LogP contribution in [0.4, 0.5) is 5.69 Å². The Balaban J connectivity index is 3.23. The van der Waals surface area contributed by atoms with Crippen LogP contribution >= 0.6 is 11.8 Å². The smallest absolute Gasteiger partial charge is 0.338 e. The number of carboxylic acid groups (broad SMARTS) is 1. The number of anilines is 1. The van der Waals surface area contributed by atoms with Gasteiger partial charge in [-0.05, 0) is 17.9 Å². The van der Waals surface area contributed by atoms with E-state index in [0.29, 0.717) is 12.1 Å². The van der Waals surface area contributed by atoms with Gasteiger partial charge in [-0.25, -0.2) is 4.79 Å². The van der Waals surface area contributed by atoms with Gasteiger partial charge in [0, 0.05) is 18.5 Å². The van der Waals surface area contributed by atoms with Crippen molar-refractivity contribution < 1.29 is 9.90 Å². The minimum absolute atomic E-state index is 0.378. The lowest BCUT2D eigenvalue weighted by Crippen LogP contribution is -2.20. The molecule has 1 rings (SSSR count). The van der Waals surface area contributed by atoms with Gasteiger partial charge in [0.2, 0.25) is 0 Å². The minimum atomic E-state index is -0.882. The second kappa shape index (κ2) is 6.35. The number of nitrogens with zero attached hydrogens (tertiary/aromatic N) is 1. The Morgan fingerprint density at radius 2 is 2.29 bits per heavy atom. The molecule has 0 fully saturated rings. The fraction of sp³-hybridized carbons (Fsp3) is 0.308. The van der Waals surface area contributed by atoms with Crippen molar-refractivity contribution in [1.82, 2.24) is 0 Å². The molecule has 0 bridgehead atoms. The van der Waals surface area contributed by atoms with Crippen LogP contribution in [0, 0.1) is 0 Å². The summed E-state index contributed by atoms with van der Waals surface area (Å²) < 4.78 is 0. The molecule has 0 radical (unpaired) electrons. The van der Waals surface area contributed by atoms with Crippen LogP contribution in [0.5, 0.6) is 0 Å². The van der Waals surface area contributed by atoms with Gasteiger partial charge in [-0.2, -0.15) is 0 Å². The average molecular weight is 251 g/mol. The predicted octanol–water partition coefficient (Wildman–Crippen LogP) is 3.12. The summed E-state index contributed by atoms with van der Waals surface area (Å²) >= 11 is 1.55. The van der Waals surface area contributed by atoms with Gasteiger partial charge in [0.15, 0.2) is 0 Å². The van der Waals surface area contributed by atoms with Gasteiger partial charge in [0.1, 0.15) is 0 Å². The Labute approximate surface area is 106 Å². The molecule has 17 heavy (non-hydrogen) atoms. The van der Waals surface area contributed by atoms with Crippen LogP contribution in [0.1, 0.15) is 17.3 Å². The third-order valence-electron chi connectivity index (χ3n) is 2.33. The molecule has 3 nitrogen and oxygen atoms in total. The Kier molecular flexibility index (Phi) is 5.10. The summed E-state index contributed by atoms with van der Waals surface area (Å²) in [5, 5.41) is 9.32. The molecule has 0 saturated carbocycles. The van der Waals surface area contributed by atoms with E-state index in [-0.39, 0.29) is 0 Å². The van der Waals surface area contributed by atoms with Crippen LogP contribution in [-0.4, -0.2) is 30.4 Å². The molecule has 0 aliphatic rings. The first-order valence-corrected chi connectivity index (χ1v) is 6.41. The van der Waals surface area contributed by atoms with E-state index < -0.39 is 5.97 Å². The molecule has 0 saturated heterocycles. The molecule has 0 unspecified atom stereocenters. The fourth-order valence-corrected chi connectivity index (χ4v) is 2.44. The summed E-state index contributed by atoms with van der Waals surface area (Å²) in [6, 6.07) is 5.56. The highest BCUT2D eigenvalue weighted by molar-refractivity contribution is 7.99. The van der Waals surface area contributed by atoms with Crippen molar-refractivity contribution >= 4 is 23.4 Å². The van der Waals surface area contributed by atoms with Crippen molar-refractivity contribution in [3.8, 4) is 0 Å². The average Bonchev–Trinajstić information content (AvgIpc) is 2.29. The molecule has 0 aliphatic heterocycles. The highest BCUT2D eigenvalue weighted by atomic mass is 32.2. The normalized spacial score (nSPS) is 10.0. The highest BCUT2D eigenvalue weighted by Gasteiger charge is 2.17. The maximum atomic E-state index is 11.4. The summed E-state index contributed by atoms with van der Waals surface area (Å²) in [6.45, 7) is 6.30. The molecule has 1 aromatic rings. The first-order valence-electron chi connectivity index (χ1n) is 5.43. The molecule has 92 valence electrons. The summed E-state index contributed by atoms with van der Waals surface area (Å²) in [5.41, 5.74) is 1.11. The number of hydrogen-bond donors (Lipinski definition) is 1. The van der Waals surface area contributed by atoms with E-state index in [1.165, 1.54) is 0 Å². The second-order valence-electron chi connectivity index (χ2n) is 3.56. The van der Waals surface area contributed by atoms with Crippen molar-refractivity contribution in [3.63, 3.8) is 0 Å². The van der Waals surface area contributed by atoms with Crippen LogP contribution in [-0.2, 0) is 0 Å². The van der Waals surface area contributed by atoms with Gasteiger partial charge in [-0.1, -0.05) is 19.1 Å². The molecule has 0 aliphatic carbocycles. The first-order chi connectivity index (χ1) is 8.11. The summed E-state index contributed by atoms with van der Waals surface area (Å²) in [7, 11) is 1.86. The van der Waals surface area contributed by atoms with E-state index in [0.717, 1.165) is 16.3 Å². The lowest BCUT2D eigenvalue weighted by Gasteiger charge is -2.20. The Morgan fingerprint density at radius 1 is 1.59 bits per heavy atom. The maximum Gasteiger partial charge on any atom is 0.338 e. The van der Waals surface area contributed by atoms with Crippen LogP contribution in [0.3, 0.4) is 0 Å². The second-order valence-corrected chi connectivity index (χ2v) is 4.86. The third-order valence-corrected chi connectivity index (χ3v) is 3.27. The summed E-state index contributed by atoms with van der Waals surface area (Å²) in [5.74, 6) is -0.0259. The zero-order valence-corrected chi connectivity index (χ0v) is 11.0. The number of hydrogen-bond acceptors (Lipinski definition) is 3. The standard InChI is InChI=1S/C13H17NO2S/c1-4-9-14(3)10-7-6-8-11(17-5-2)12(10)13(15)16/h4,6-8H,1,5,9H2,2-3H3,(H,15,16). The number of aromatic carboxylic acids is 1. The minimum Gasteiger partial charge on any atom is -0.478 e. The van der Waals surface area contributed by atoms with E-state index >= 15 is 0 Å². The topological polar surface area (TPSA) is 40.5 Å². The molecule has 1 aromatic carbocycles. The zero-order valence-electron chi connectivity index (χ0n) is 10.1. The molecular weight excluding hydrogens is 234 g/mol. The molecule has 4 heteroatoms. The highest BCUT2D eigenvalue weighted by Crippen LogP contribution is 2.30. The lowest BCUT2D eigenvalue weighted by molar-refractivity contribution is 0.0694. The van der Waals surface area contributed by atoms with Crippen molar-refractivity contribution in [3.05, 3.63) is 36.4 Å². The summed E-state index contributed by atoms with van der Waals surface area (Å²) in [4.78, 5) is 14.1. The van der Waals surface area contributed by atoms with Crippen molar-refractivity contribution in [2.24, 2.45) is 0 Å². The van der Waals surface area contributed by atoms with Gasteiger partial charge >= 0.3 is 5.97 Å². The van der Waals surface area contributed by atoms with E-state index in [4.69, 9.17) is 0 Å². The van der Waals surface area contributed by atoms with E-state index in [2.05, 4.69) is 6.58 Å². The van der Waals surface area contributed by atoms with E-state index in [1.54, 1.807) is 17.8 Å². The number of likely N-dealkylation sites (N-methyl/N-ethyl adjacent to an activating group) is 1. The summed E-state index contributed by atoms with van der Waals surface area (Å²) in [6.07, 6.45) is 1.76. The van der Waals surface area contributed by atoms with Gasteiger partial charge in [-0.15, -0.1) is 18.3 Å². The molecule has 0 amide bonds. The Hall–Kier alpha value is -1.42. The maximum absolute atomic E-state index is 11.4. The van der Waals surface area contributed by atoms with Gasteiger partial charge in [-0.3, -0.25) is 0 Å². The molecule has 0 heterocycles. The first kappa shape index (κ1) is 13.6. The molecular formula is C13H17NO2S. The molecule has 1 N–H and O–H groups in total. The molecule has 0 spiro atoms. The monoisotopic (exact) mass is 251 g/mol. The van der Waals surface area contributed by atoms with Crippen LogP contribution < -0.4 is 4.90 Å². The van der Waals surface area contributed by atoms with Gasteiger partial charge in [0.25, 0.3) is 0 Å². The van der Waals surface area contributed by atoms with Crippen molar-refractivity contribution in [2.45, 2.75) is 11.8 Å². The fourth-order valence-electron chi connectivity index (χ4n) is 1.62. The van der Waals surface area contributed by atoms with E-state index in [9.17, 15) is 9.90 Å². The van der Waals surface area contributed by atoms with Crippen LogP contribution in [0.25, 0.3) is 0 Å². The molecule has 0 atom stereocenters. The van der Waals surface area contributed by atoms with Crippen LogP contribution in [0.15, 0.2) is 35.7 Å². The van der Waals surface area contributed by atoms with Crippen molar-refractivity contribution in [1.29, 1.82) is 0 Å². The number of carboxylic acids is 1.